The molecule has 5 nitrogen and oxygen atoms in total. The van der Waals surface area contributed by atoms with Crippen molar-refractivity contribution in [3.63, 3.8) is 0 Å². The van der Waals surface area contributed by atoms with Crippen molar-refractivity contribution < 1.29 is 4.74 Å². The second kappa shape index (κ2) is 9.53. The lowest BCUT2D eigenvalue weighted by Crippen LogP contribution is -2.38. The molecule has 2 N–H and O–H groups in total. The molecule has 2 saturated heterocycles. The fourth-order valence-electron chi connectivity index (χ4n) is 4.90. The second-order valence-electron chi connectivity index (χ2n) is 8.67. The van der Waals surface area contributed by atoms with E-state index in [2.05, 4.69) is 45.0 Å². The quantitative estimate of drug-likeness (QED) is 0.574. The van der Waals surface area contributed by atoms with Gasteiger partial charge in [0.25, 0.3) is 0 Å². The molecular weight excluding hydrogens is 408 g/mol. The third-order valence-electron chi connectivity index (χ3n) is 6.58. The van der Waals surface area contributed by atoms with E-state index >= 15 is 0 Å². The molecule has 5 rings (SSSR count). The Morgan fingerprint density at radius 2 is 2.00 bits per heavy atom. The van der Waals surface area contributed by atoms with Crippen LogP contribution in [0, 0.1) is 5.92 Å². The van der Waals surface area contributed by atoms with Gasteiger partial charge >= 0.3 is 0 Å². The van der Waals surface area contributed by atoms with Crippen LogP contribution in [0.3, 0.4) is 0 Å². The molecule has 3 aromatic rings. The summed E-state index contributed by atoms with van der Waals surface area (Å²) in [7, 11) is 0. The van der Waals surface area contributed by atoms with E-state index in [0.717, 1.165) is 43.7 Å². The minimum absolute atomic E-state index is 0.436. The molecule has 2 aliphatic heterocycles. The van der Waals surface area contributed by atoms with E-state index in [4.69, 9.17) is 16.3 Å². The van der Waals surface area contributed by atoms with Gasteiger partial charge in [-0.05, 0) is 61.6 Å². The summed E-state index contributed by atoms with van der Waals surface area (Å²) in [6.07, 6.45) is 5.22. The summed E-state index contributed by atoms with van der Waals surface area (Å²) in [4.78, 5) is 7.08. The fourth-order valence-corrected chi connectivity index (χ4v) is 5.09. The second-order valence-corrected chi connectivity index (χ2v) is 9.07. The average Bonchev–Trinajstić information content (AvgIpc) is 3.45. The maximum atomic E-state index is 6.17. The van der Waals surface area contributed by atoms with Crippen LogP contribution in [0.15, 0.2) is 60.8 Å². The Balaban J connectivity index is 1.10. The molecule has 0 spiro atoms. The number of rotatable bonds is 7. The zero-order valence-corrected chi connectivity index (χ0v) is 18.4. The Labute approximate surface area is 188 Å². The molecule has 3 unspecified atom stereocenters. The van der Waals surface area contributed by atoms with Crippen molar-refractivity contribution >= 4 is 22.5 Å². The highest BCUT2D eigenvalue weighted by atomic mass is 35.5. The van der Waals surface area contributed by atoms with Crippen molar-refractivity contribution in [1.82, 2.24) is 20.7 Å². The number of aromatic nitrogens is 1. The van der Waals surface area contributed by atoms with Crippen molar-refractivity contribution in [2.75, 3.05) is 19.7 Å². The normalized spacial score (nSPS) is 24.1. The lowest BCUT2D eigenvalue weighted by atomic mass is 9.94. The van der Waals surface area contributed by atoms with E-state index in [9.17, 15) is 0 Å². The summed E-state index contributed by atoms with van der Waals surface area (Å²) >= 11 is 6.17. The van der Waals surface area contributed by atoms with Gasteiger partial charge < -0.3 is 4.74 Å². The lowest BCUT2D eigenvalue weighted by Gasteiger charge is -2.20. The summed E-state index contributed by atoms with van der Waals surface area (Å²) in [6, 6.07) is 19.3. The van der Waals surface area contributed by atoms with E-state index in [1.54, 1.807) is 0 Å². The lowest BCUT2D eigenvalue weighted by molar-refractivity contribution is 0.288. The Kier molecular flexibility index (Phi) is 6.37. The van der Waals surface area contributed by atoms with Crippen LogP contribution in [0.4, 0.5) is 0 Å². The largest absolute Gasteiger partial charge is 0.492 e. The number of hydrazine groups is 1. The predicted molar refractivity (Wildman–Crippen MR) is 125 cm³/mol. The minimum Gasteiger partial charge on any atom is -0.492 e. The number of fused-ring (bicyclic) bond motifs is 1. The first-order valence-electron chi connectivity index (χ1n) is 11.2. The van der Waals surface area contributed by atoms with Crippen LogP contribution in [0.2, 0.25) is 5.02 Å². The zero-order chi connectivity index (χ0) is 21.0. The third kappa shape index (κ3) is 4.85. The number of hydrogen-bond donors (Lipinski definition) is 2. The van der Waals surface area contributed by atoms with Gasteiger partial charge in [0, 0.05) is 36.8 Å². The molecule has 0 bridgehead atoms. The molecule has 1 aromatic heterocycles. The number of nitrogens with one attached hydrogen (secondary N) is 2. The van der Waals surface area contributed by atoms with Gasteiger partial charge in [-0.3, -0.25) is 20.7 Å². The zero-order valence-electron chi connectivity index (χ0n) is 17.6. The first-order chi connectivity index (χ1) is 15.3. The maximum Gasteiger partial charge on any atom is 0.137 e. The highest BCUT2D eigenvalue weighted by Crippen LogP contribution is 2.28. The molecule has 2 aliphatic rings. The van der Waals surface area contributed by atoms with Crippen molar-refractivity contribution in [3.8, 4) is 5.75 Å². The molecule has 162 valence electrons. The van der Waals surface area contributed by atoms with Crippen molar-refractivity contribution in [1.29, 1.82) is 0 Å². The standard InChI is InChI=1S/C25H29ClN4O/c26-22-7-1-2-9-25(22)31-14-11-20-15-24(29-28-20)19-10-13-30(17-19)16-18-5-3-8-23-21(18)6-4-12-27-23/h1-9,12,19-20,24,28-29H,10-11,13-17H2. The number of benzene rings is 2. The van der Waals surface area contributed by atoms with E-state index in [1.165, 1.54) is 17.4 Å². The summed E-state index contributed by atoms with van der Waals surface area (Å²) in [5.41, 5.74) is 9.49. The highest BCUT2D eigenvalue weighted by molar-refractivity contribution is 6.32. The molecule has 3 atom stereocenters. The number of pyridine rings is 1. The van der Waals surface area contributed by atoms with Gasteiger partial charge in [-0.1, -0.05) is 41.9 Å². The molecular formula is C25H29ClN4O. The summed E-state index contributed by atoms with van der Waals surface area (Å²) in [5, 5.41) is 1.94. The molecule has 6 heteroatoms. The van der Waals surface area contributed by atoms with Gasteiger partial charge in [0.05, 0.1) is 17.1 Å². The number of halogens is 1. The number of para-hydroxylation sites is 1. The van der Waals surface area contributed by atoms with Crippen LogP contribution in [-0.2, 0) is 6.54 Å². The Morgan fingerprint density at radius 1 is 1.06 bits per heavy atom. The first kappa shape index (κ1) is 20.7. The van der Waals surface area contributed by atoms with Crippen molar-refractivity contribution in [2.24, 2.45) is 5.92 Å². The van der Waals surface area contributed by atoms with Gasteiger partial charge in [0.15, 0.2) is 0 Å². The Bertz CT molecular complexity index is 1020. The third-order valence-corrected chi connectivity index (χ3v) is 6.89. The smallest absolute Gasteiger partial charge is 0.137 e. The number of likely N-dealkylation sites (tertiary alicyclic amines) is 1. The van der Waals surface area contributed by atoms with Crippen LogP contribution in [0.5, 0.6) is 5.75 Å². The Morgan fingerprint density at radius 3 is 2.94 bits per heavy atom. The Hall–Kier alpha value is -2.18. The maximum absolute atomic E-state index is 6.17. The molecule has 0 aliphatic carbocycles. The van der Waals surface area contributed by atoms with Crippen molar-refractivity contribution in [3.05, 3.63) is 71.4 Å². The monoisotopic (exact) mass is 436 g/mol. The van der Waals surface area contributed by atoms with E-state index in [-0.39, 0.29) is 0 Å². The van der Waals surface area contributed by atoms with Crippen LogP contribution in [0.25, 0.3) is 10.9 Å². The molecule has 2 fully saturated rings. The average molecular weight is 437 g/mol. The fraction of sp³-hybridized carbons (Fsp3) is 0.400. The van der Waals surface area contributed by atoms with Gasteiger partial charge in [0.1, 0.15) is 5.75 Å². The molecule has 0 saturated carbocycles. The first-order valence-corrected chi connectivity index (χ1v) is 11.6. The van der Waals surface area contributed by atoms with E-state index in [0.29, 0.717) is 29.6 Å². The molecule has 3 heterocycles. The molecule has 0 radical (unpaired) electrons. The molecule has 0 amide bonds. The summed E-state index contributed by atoms with van der Waals surface area (Å²) in [5.74, 6) is 1.44. The van der Waals surface area contributed by atoms with Gasteiger partial charge in [0.2, 0.25) is 0 Å². The minimum atomic E-state index is 0.436. The topological polar surface area (TPSA) is 49.4 Å². The van der Waals surface area contributed by atoms with E-state index < -0.39 is 0 Å². The van der Waals surface area contributed by atoms with Crippen LogP contribution in [-0.4, -0.2) is 41.7 Å². The van der Waals surface area contributed by atoms with Gasteiger partial charge in [-0.15, -0.1) is 0 Å². The highest BCUT2D eigenvalue weighted by Gasteiger charge is 2.34. The van der Waals surface area contributed by atoms with Crippen LogP contribution >= 0.6 is 11.6 Å². The summed E-state index contributed by atoms with van der Waals surface area (Å²) in [6.45, 7) is 3.95. The van der Waals surface area contributed by atoms with Gasteiger partial charge in [-0.25, -0.2) is 0 Å². The number of nitrogens with zero attached hydrogens (tertiary/aromatic N) is 2. The van der Waals surface area contributed by atoms with Gasteiger partial charge in [-0.2, -0.15) is 0 Å². The number of hydrogen-bond acceptors (Lipinski definition) is 5. The van der Waals surface area contributed by atoms with E-state index in [1.807, 2.05) is 36.5 Å². The SMILES string of the molecule is Clc1ccccc1OCCC1CC(C2CCN(Cc3cccc4ncccc34)C2)NN1. The van der Waals surface area contributed by atoms with Crippen LogP contribution < -0.4 is 15.6 Å². The predicted octanol–water partition coefficient (Wildman–Crippen LogP) is 4.41. The summed E-state index contributed by atoms with van der Waals surface area (Å²) < 4.78 is 5.86. The number of ether oxygens (including phenoxy) is 1. The van der Waals surface area contributed by atoms with Crippen molar-refractivity contribution in [2.45, 2.75) is 37.9 Å². The molecule has 31 heavy (non-hydrogen) atoms. The molecule has 2 aromatic carbocycles. The van der Waals surface area contributed by atoms with Crippen LogP contribution in [0.1, 0.15) is 24.8 Å².